The molecule has 3 aromatic rings. The maximum atomic E-state index is 12.1. The van der Waals surface area contributed by atoms with Gasteiger partial charge in [-0.2, -0.15) is 0 Å². The van der Waals surface area contributed by atoms with E-state index in [4.69, 9.17) is 9.15 Å². The Hall–Kier alpha value is -2.80. The van der Waals surface area contributed by atoms with Gasteiger partial charge in [-0.1, -0.05) is 29.0 Å². The molecule has 0 spiro atoms. The summed E-state index contributed by atoms with van der Waals surface area (Å²) in [5.74, 6) is 1.27. The minimum Gasteiger partial charge on any atom is -0.494 e. The Kier molecular flexibility index (Phi) is 6.13. The second kappa shape index (κ2) is 8.73. The lowest BCUT2D eigenvalue weighted by molar-refractivity contribution is -0.113. The molecule has 1 amide bonds. The Bertz CT molecular complexity index is 902. The zero-order valence-electron chi connectivity index (χ0n) is 15.5. The molecule has 0 aliphatic heterocycles. The molecule has 3 rings (SSSR count). The third-order valence-corrected chi connectivity index (χ3v) is 4.47. The molecule has 0 unspecified atom stereocenters. The topological polar surface area (TPSA) is 77.2 Å². The van der Waals surface area contributed by atoms with Crippen molar-refractivity contribution in [2.75, 3.05) is 17.7 Å². The molecule has 1 N–H and O–H groups in total. The number of aryl methyl sites for hydroxylation is 2. The number of anilines is 1. The van der Waals surface area contributed by atoms with Gasteiger partial charge in [-0.25, -0.2) is 0 Å². The first-order valence-corrected chi connectivity index (χ1v) is 9.59. The predicted octanol–water partition coefficient (Wildman–Crippen LogP) is 4.48. The van der Waals surface area contributed by atoms with Crippen molar-refractivity contribution in [1.82, 2.24) is 10.2 Å². The summed E-state index contributed by atoms with van der Waals surface area (Å²) in [5, 5.41) is 11.3. The number of hydrogen-bond acceptors (Lipinski definition) is 6. The van der Waals surface area contributed by atoms with Crippen molar-refractivity contribution in [3.05, 3.63) is 53.6 Å². The molecular weight excluding hydrogens is 362 g/mol. The second-order valence-corrected chi connectivity index (χ2v) is 6.97. The molecule has 6 nitrogen and oxygen atoms in total. The fourth-order valence-electron chi connectivity index (χ4n) is 2.61. The van der Waals surface area contributed by atoms with Crippen molar-refractivity contribution in [2.24, 2.45) is 0 Å². The average Bonchev–Trinajstić information content (AvgIpc) is 3.10. The number of benzene rings is 2. The van der Waals surface area contributed by atoms with Gasteiger partial charge in [0.25, 0.3) is 5.22 Å². The first-order valence-electron chi connectivity index (χ1n) is 8.61. The van der Waals surface area contributed by atoms with Gasteiger partial charge in [0.05, 0.1) is 12.4 Å². The number of carbonyl (C=O) groups is 1. The molecule has 0 saturated carbocycles. The third kappa shape index (κ3) is 5.34. The molecule has 140 valence electrons. The van der Waals surface area contributed by atoms with Gasteiger partial charge in [-0.05, 0) is 57.2 Å². The van der Waals surface area contributed by atoms with Crippen molar-refractivity contribution in [3.8, 4) is 17.2 Å². The van der Waals surface area contributed by atoms with E-state index in [9.17, 15) is 4.79 Å². The maximum Gasteiger partial charge on any atom is 0.277 e. The smallest absolute Gasteiger partial charge is 0.277 e. The van der Waals surface area contributed by atoms with Crippen LogP contribution in [0.25, 0.3) is 11.5 Å². The Morgan fingerprint density at radius 1 is 1.11 bits per heavy atom. The van der Waals surface area contributed by atoms with E-state index in [0.29, 0.717) is 23.4 Å². The van der Waals surface area contributed by atoms with Crippen LogP contribution in [-0.4, -0.2) is 28.5 Å². The van der Waals surface area contributed by atoms with Crippen LogP contribution in [0, 0.1) is 13.8 Å². The summed E-state index contributed by atoms with van der Waals surface area (Å²) in [4.78, 5) is 12.1. The monoisotopic (exact) mass is 383 g/mol. The number of aromatic nitrogens is 2. The number of amides is 1. The highest BCUT2D eigenvalue weighted by Gasteiger charge is 2.12. The van der Waals surface area contributed by atoms with Crippen LogP contribution in [0.4, 0.5) is 5.69 Å². The first-order chi connectivity index (χ1) is 13.0. The van der Waals surface area contributed by atoms with Crippen LogP contribution in [0.2, 0.25) is 0 Å². The van der Waals surface area contributed by atoms with Gasteiger partial charge in [-0.3, -0.25) is 4.79 Å². The standard InChI is InChI=1S/C20H21N3O3S/c1-4-25-17-7-5-16(6-8-17)21-18(24)12-27-20-23-22-19(26-20)15-10-13(2)9-14(3)11-15/h5-11H,4,12H2,1-3H3,(H,21,24). The summed E-state index contributed by atoms with van der Waals surface area (Å²) in [6, 6.07) is 13.3. The van der Waals surface area contributed by atoms with E-state index >= 15 is 0 Å². The first kappa shape index (κ1) is 19.0. The average molecular weight is 383 g/mol. The third-order valence-electron chi connectivity index (χ3n) is 3.65. The molecule has 1 aromatic heterocycles. The van der Waals surface area contributed by atoms with Crippen molar-refractivity contribution in [3.63, 3.8) is 0 Å². The number of nitrogens with one attached hydrogen (secondary N) is 1. The number of ether oxygens (including phenoxy) is 1. The summed E-state index contributed by atoms with van der Waals surface area (Å²) < 4.78 is 11.0. The predicted molar refractivity (Wildman–Crippen MR) is 106 cm³/mol. The van der Waals surface area contributed by atoms with Crippen molar-refractivity contribution in [2.45, 2.75) is 26.0 Å². The molecule has 27 heavy (non-hydrogen) atoms. The Morgan fingerprint density at radius 2 is 1.81 bits per heavy atom. The summed E-state index contributed by atoms with van der Waals surface area (Å²) in [5.41, 5.74) is 3.86. The van der Waals surface area contributed by atoms with Crippen LogP contribution in [0.3, 0.4) is 0 Å². The molecule has 1 heterocycles. The van der Waals surface area contributed by atoms with E-state index in [1.807, 2.05) is 45.0 Å². The Labute approximate surface area is 162 Å². The lowest BCUT2D eigenvalue weighted by Gasteiger charge is -2.06. The van der Waals surface area contributed by atoms with Crippen LogP contribution in [0.15, 0.2) is 52.1 Å². The van der Waals surface area contributed by atoms with Crippen LogP contribution in [0.5, 0.6) is 5.75 Å². The van der Waals surface area contributed by atoms with Crippen molar-refractivity contribution in [1.29, 1.82) is 0 Å². The van der Waals surface area contributed by atoms with Gasteiger partial charge in [0, 0.05) is 11.3 Å². The number of thioether (sulfide) groups is 1. The normalized spacial score (nSPS) is 10.6. The van der Waals surface area contributed by atoms with Crippen LogP contribution >= 0.6 is 11.8 Å². The molecule has 0 saturated heterocycles. The fraction of sp³-hybridized carbons (Fsp3) is 0.250. The number of nitrogens with zero attached hydrogens (tertiary/aromatic N) is 2. The quantitative estimate of drug-likeness (QED) is 0.606. The maximum absolute atomic E-state index is 12.1. The van der Waals surface area contributed by atoms with Crippen LogP contribution in [0.1, 0.15) is 18.1 Å². The van der Waals surface area contributed by atoms with E-state index in [-0.39, 0.29) is 11.7 Å². The molecule has 2 aromatic carbocycles. The summed E-state index contributed by atoms with van der Waals surface area (Å²) in [6.07, 6.45) is 0. The lowest BCUT2D eigenvalue weighted by atomic mass is 10.1. The Balaban J connectivity index is 1.55. The molecule has 0 aliphatic rings. The van der Waals surface area contributed by atoms with E-state index in [2.05, 4.69) is 21.6 Å². The van der Waals surface area contributed by atoms with Gasteiger partial charge in [-0.15, -0.1) is 10.2 Å². The minimum absolute atomic E-state index is 0.143. The molecule has 0 bridgehead atoms. The van der Waals surface area contributed by atoms with Gasteiger partial charge >= 0.3 is 0 Å². The molecule has 0 fully saturated rings. The second-order valence-electron chi connectivity index (χ2n) is 6.04. The van der Waals surface area contributed by atoms with Gasteiger partial charge < -0.3 is 14.5 Å². The van der Waals surface area contributed by atoms with Crippen LogP contribution in [-0.2, 0) is 4.79 Å². The number of rotatable bonds is 7. The van der Waals surface area contributed by atoms with E-state index < -0.39 is 0 Å². The highest BCUT2D eigenvalue weighted by Crippen LogP contribution is 2.25. The molecule has 0 atom stereocenters. The SMILES string of the molecule is CCOc1ccc(NC(=O)CSc2nnc(-c3cc(C)cc(C)c3)o2)cc1. The minimum atomic E-state index is -0.143. The lowest BCUT2D eigenvalue weighted by Crippen LogP contribution is -2.13. The van der Waals surface area contributed by atoms with Crippen molar-refractivity contribution < 1.29 is 13.9 Å². The molecule has 0 aliphatic carbocycles. The fourth-order valence-corrected chi connectivity index (χ4v) is 3.17. The summed E-state index contributed by atoms with van der Waals surface area (Å²) >= 11 is 1.21. The Morgan fingerprint density at radius 3 is 2.48 bits per heavy atom. The highest BCUT2D eigenvalue weighted by molar-refractivity contribution is 7.99. The van der Waals surface area contributed by atoms with Crippen molar-refractivity contribution >= 4 is 23.4 Å². The van der Waals surface area contributed by atoms with Gasteiger partial charge in [0.1, 0.15) is 5.75 Å². The zero-order valence-corrected chi connectivity index (χ0v) is 16.3. The van der Waals surface area contributed by atoms with E-state index in [1.165, 1.54) is 11.8 Å². The molecular formula is C20H21N3O3S. The molecule has 0 radical (unpaired) electrons. The number of hydrogen-bond donors (Lipinski definition) is 1. The largest absolute Gasteiger partial charge is 0.494 e. The summed E-state index contributed by atoms with van der Waals surface area (Å²) in [6.45, 7) is 6.58. The highest BCUT2D eigenvalue weighted by atomic mass is 32.2. The zero-order chi connectivity index (χ0) is 19.2. The molecule has 7 heteroatoms. The van der Waals surface area contributed by atoms with E-state index in [1.54, 1.807) is 12.1 Å². The van der Waals surface area contributed by atoms with E-state index in [0.717, 1.165) is 22.4 Å². The van der Waals surface area contributed by atoms with Gasteiger partial charge in [0.2, 0.25) is 11.8 Å². The summed E-state index contributed by atoms with van der Waals surface area (Å²) in [7, 11) is 0. The number of carbonyl (C=O) groups excluding carboxylic acids is 1. The van der Waals surface area contributed by atoms with Gasteiger partial charge in [0.15, 0.2) is 0 Å². The van der Waals surface area contributed by atoms with Crippen LogP contribution < -0.4 is 10.1 Å².